The Morgan fingerprint density at radius 3 is 2.57 bits per heavy atom. The van der Waals surface area contributed by atoms with Gasteiger partial charge in [-0.25, -0.2) is 0 Å². The number of amides is 1. The van der Waals surface area contributed by atoms with Crippen molar-refractivity contribution < 1.29 is 14.3 Å². The summed E-state index contributed by atoms with van der Waals surface area (Å²) < 4.78 is 6.61. The number of hydrogen-bond donors (Lipinski definition) is 0. The summed E-state index contributed by atoms with van der Waals surface area (Å²) in [5, 5.41) is 4.71. The predicted octanol–water partition coefficient (Wildman–Crippen LogP) is 2.20. The minimum atomic E-state index is -0.159. The smallest absolute Gasteiger partial charge is 0.309 e. The monoisotopic (exact) mass is 339 g/mol. The van der Waals surface area contributed by atoms with E-state index in [-0.39, 0.29) is 17.8 Å². The largest absolute Gasteiger partial charge is 0.466 e. The van der Waals surface area contributed by atoms with Crippen LogP contribution in [0.3, 0.4) is 0 Å². The van der Waals surface area contributed by atoms with Crippen molar-refractivity contribution in [2.45, 2.75) is 26.7 Å². The molecular weight excluding hydrogens is 318 g/mol. The van der Waals surface area contributed by atoms with E-state index in [1.165, 1.54) is 6.08 Å². The number of carbonyl (C=O) groups is 2. The van der Waals surface area contributed by atoms with Crippen molar-refractivity contribution >= 4 is 29.6 Å². The summed E-state index contributed by atoms with van der Waals surface area (Å²) >= 11 is 6.14. The number of halogens is 1. The SMILES string of the molecule is CCOC(=O)C1CCN(C(=O)/C=C/c2c(C)nn(C)c2Cl)CC1. The molecule has 0 bridgehead atoms. The van der Waals surface area contributed by atoms with Gasteiger partial charge in [0.25, 0.3) is 0 Å². The lowest BCUT2D eigenvalue weighted by Crippen LogP contribution is -2.39. The number of esters is 1. The first-order valence-electron chi connectivity index (χ1n) is 7.76. The highest BCUT2D eigenvalue weighted by Gasteiger charge is 2.27. The van der Waals surface area contributed by atoms with E-state index in [1.54, 1.807) is 29.6 Å². The molecular formula is C16H22ClN3O3. The van der Waals surface area contributed by atoms with Gasteiger partial charge in [-0.15, -0.1) is 0 Å². The van der Waals surface area contributed by atoms with Gasteiger partial charge in [0, 0.05) is 31.8 Å². The van der Waals surface area contributed by atoms with Crippen LogP contribution in [0.5, 0.6) is 0 Å². The summed E-state index contributed by atoms with van der Waals surface area (Å²) in [5.41, 5.74) is 1.53. The number of nitrogens with zero attached hydrogens (tertiary/aromatic N) is 3. The molecule has 1 aromatic heterocycles. The highest BCUT2D eigenvalue weighted by Crippen LogP contribution is 2.21. The van der Waals surface area contributed by atoms with Crippen LogP contribution in [-0.4, -0.2) is 46.3 Å². The Morgan fingerprint density at radius 1 is 1.39 bits per heavy atom. The molecule has 1 aliphatic rings. The van der Waals surface area contributed by atoms with Crippen LogP contribution in [0.15, 0.2) is 6.08 Å². The van der Waals surface area contributed by atoms with E-state index in [0.717, 1.165) is 11.3 Å². The van der Waals surface area contributed by atoms with Crippen LogP contribution in [0.25, 0.3) is 6.08 Å². The Labute approximate surface area is 141 Å². The second-order valence-corrected chi connectivity index (χ2v) is 5.96. The quantitative estimate of drug-likeness (QED) is 0.623. The van der Waals surface area contributed by atoms with Gasteiger partial charge in [0.2, 0.25) is 5.91 Å². The fourth-order valence-electron chi connectivity index (χ4n) is 2.69. The van der Waals surface area contributed by atoms with Crippen molar-refractivity contribution in [3.05, 3.63) is 22.5 Å². The summed E-state index contributed by atoms with van der Waals surface area (Å²) in [4.78, 5) is 25.7. The minimum absolute atomic E-state index is 0.0772. The van der Waals surface area contributed by atoms with Gasteiger partial charge in [0.1, 0.15) is 5.15 Å². The molecule has 0 unspecified atom stereocenters. The zero-order valence-corrected chi connectivity index (χ0v) is 14.5. The van der Waals surface area contributed by atoms with Crippen LogP contribution < -0.4 is 0 Å². The summed E-state index contributed by atoms with van der Waals surface area (Å²) in [5.74, 6) is -0.336. The molecule has 1 amide bonds. The third-order valence-corrected chi connectivity index (χ3v) is 4.46. The van der Waals surface area contributed by atoms with Crippen molar-refractivity contribution in [3.8, 4) is 0 Å². The first kappa shape index (κ1) is 17.5. The van der Waals surface area contributed by atoms with Crippen LogP contribution in [0, 0.1) is 12.8 Å². The molecule has 1 fully saturated rings. The number of aryl methyl sites for hydroxylation is 2. The molecule has 0 aromatic carbocycles. The third kappa shape index (κ3) is 4.13. The van der Waals surface area contributed by atoms with E-state index in [4.69, 9.17) is 16.3 Å². The molecule has 2 heterocycles. The lowest BCUT2D eigenvalue weighted by atomic mass is 9.97. The molecule has 0 spiro atoms. The molecule has 7 heteroatoms. The van der Waals surface area contributed by atoms with Crippen molar-refractivity contribution in [1.29, 1.82) is 0 Å². The summed E-state index contributed by atoms with van der Waals surface area (Å²) in [6.45, 7) is 5.17. The molecule has 6 nitrogen and oxygen atoms in total. The third-order valence-electron chi connectivity index (χ3n) is 4.02. The van der Waals surface area contributed by atoms with Gasteiger partial charge in [0.05, 0.1) is 18.2 Å². The number of rotatable bonds is 4. The van der Waals surface area contributed by atoms with E-state index in [9.17, 15) is 9.59 Å². The lowest BCUT2D eigenvalue weighted by Gasteiger charge is -2.30. The van der Waals surface area contributed by atoms with Crippen molar-refractivity contribution in [2.24, 2.45) is 13.0 Å². The molecule has 126 valence electrons. The van der Waals surface area contributed by atoms with E-state index in [0.29, 0.717) is 37.7 Å². The second-order valence-electron chi connectivity index (χ2n) is 5.60. The molecule has 0 atom stereocenters. The van der Waals surface area contributed by atoms with E-state index in [1.807, 2.05) is 6.92 Å². The standard InChI is InChI=1S/C16H22ClN3O3/c1-4-23-16(22)12-7-9-20(10-8-12)14(21)6-5-13-11(2)18-19(3)15(13)17/h5-6,12H,4,7-10H2,1-3H3/b6-5+. The molecule has 0 aliphatic carbocycles. The Morgan fingerprint density at radius 2 is 2.04 bits per heavy atom. The zero-order valence-electron chi connectivity index (χ0n) is 13.7. The van der Waals surface area contributed by atoms with Gasteiger partial charge in [-0.3, -0.25) is 14.3 Å². The van der Waals surface area contributed by atoms with E-state index < -0.39 is 0 Å². The van der Waals surface area contributed by atoms with Gasteiger partial charge in [-0.2, -0.15) is 5.10 Å². The summed E-state index contributed by atoms with van der Waals surface area (Å²) in [6, 6.07) is 0. The Balaban J connectivity index is 1.93. The molecule has 0 saturated carbocycles. The fourth-order valence-corrected chi connectivity index (χ4v) is 2.93. The maximum absolute atomic E-state index is 12.3. The predicted molar refractivity (Wildman–Crippen MR) is 87.9 cm³/mol. The van der Waals surface area contributed by atoms with Crippen LogP contribution in [0.4, 0.5) is 0 Å². The first-order chi connectivity index (χ1) is 10.9. The average molecular weight is 340 g/mol. The highest BCUT2D eigenvalue weighted by atomic mass is 35.5. The zero-order chi connectivity index (χ0) is 17.0. The molecule has 0 N–H and O–H groups in total. The van der Waals surface area contributed by atoms with E-state index in [2.05, 4.69) is 5.10 Å². The minimum Gasteiger partial charge on any atom is -0.466 e. The number of piperidine rings is 1. The maximum atomic E-state index is 12.3. The van der Waals surface area contributed by atoms with Gasteiger partial charge in [-0.05, 0) is 32.8 Å². The number of aromatic nitrogens is 2. The van der Waals surface area contributed by atoms with Gasteiger partial charge in [-0.1, -0.05) is 11.6 Å². The topological polar surface area (TPSA) is 64.4 Å². The molecule has 1 aliphatic heterocycles. The van der Waals surface area contributed by atoms with Crippen molar-refractivity contribution in [2.75, 3.05) is 19.7 Å². The molecule has 2 rings (SSSR count). The van der Waals surface area contributed by atoms with E-state index >= 15 is 0 Å². The van der Waals surface area contributed by atoms with Crippen LogP contribution in [0.2, 0.25) is 5.15 Å². The maximum Gasteiger partial charge on any atom is 0.309 e. The second kappa shape index (κ2) is 7.64. The van der Waals surface area contributed by atoms with Gasteiger partial charge in [0.15, 0.2) is 0 Å². The molecule has 1 aromatic rings. The van der Waals surface area contributed by atoms with Crippen LogP contribution in [-0.2, 0) is 21.4 Å². The molecule has 0 radical (unpaired) electrons. The highest BCUT2D eigenvalue weighted by molar-refractivity contribution is 6.31. The average Bonchev–Trinajstić information content (AvgIpc) is 2.78. The summed E-state index contributed by atoms with van der Waals surface area (Å²) in [7, 11) is 1.76. The van der Waals surface area contributed by atoms with Crippen LogP contribution in [0.1, 0.15) is 31.0 Å². The van der Waals surface area contributed by atoms with Gasteiger partial charge >= 0.3 is 5.97 Å². The van der Waals surface area contributed by atoms with Crippen molar-refractivity contribution in [3.63, 3.8) is 0 Å². The Kier molecular flexibility index (Phi) is 5.82. The van der Waals surface area contributed by atoms with Gasteiger partial charge < -0.3 is 9.64 Å². The Hall–Kier alpha value is -1.82. The summed E-state index contributed by atoms with van der Waals surface area (Å²) in [6.07, 6.45) is 4.50. The number of carbonyl (C=O) groups excluding carboxylic acids is 2. The first-order valence-corrected chi connectivity index (χ1v) is 8.14. The normalized spacial score (nSPS) is 16.1. The molecule has 1 saturated heterocycles. The fraction of sp³-hybridized carbons (Fsp3) is 0.562. The number of ether oxygens (including phenoxy) is 1. The lowest BCUT2D eigenvalue weighted by molar-refractivity contribution is -0.150. The van der Waals surface area contributed by atoms with Crippen molar-refractivity contribution in [1.82, 2.24) is 14.7 Å². The van der Waals surface area contributed by atoms with Crippen LogP contribution >= 0.6 is 11.6 Å². The number of hydrogen-bond acceptors (Lipinski definition) is 4. The Bertz CT molecular complexity index is 616. The number of likely N-dealkylation sites (tertiary alicyclic amines) is 1. The molecule has 23 heavy (non-hydrogen) atoms.